The van der Waals surface area contributed by atoms with Gasteiger partial charge in [0.1, 0.15) is 26.4 Å². The van der Waals surface area contributed by atoms with Crippen LogP contribution in [0.5, 0.6) is 23.0 Å². The van der Waals surface area contributed by atoms with Crippen LogP contribution in [0, 0.1) is 0 Å². The lowest BCUT2D eigenvalue weighted by Gasteiger charge is -2.29. The molecule has 0 aromatic heterocycles. The molecule has 2 aromatic carbocycles. The van der Waals surface area contributed by atoms with E-state index in [-0.39, 0.29) is 64.0 Å². The van der Waals surface area contributed by atoms with Crippen molar-refractivity contribution >= 4 is 35.3 Å². The Kier molecular flexibility index (Phi) is 11.3. The average Bonchev–Trinajstić information content (AvgIpc) is 3.03. The fourth-order valence-electron chi connectivity index (χ4n) is 4.57. The first kappa shape index (κ1) is 35.8. The highest BCUT2D eigenvalue weighted by molar-refractivity contribution is 6.16. The fourth-order valence-corrected chi connectivity index (χ4v) is 4.57. The van der Waals surface area contributed by atoms with Crippen molar-refractivity contribution in [3.05, 3.63) is 59.9 Å². The molecule has 2 N–H and O–H groups in total. The third-order valence-electron chi connectivity index (χ3n) is 6.83. The van der Waals surface area contributed by atoms with Gasteiger partial charge in [0, 0.05) is 63.6 Å². The number of anilines is 2. The van der Waals surface area contributed by atoms with E-state index in [1.54, 1.807) is 36.4 Å². The first-order valence-corrected chi connectivity index (χ1v) is 15.7. The summed E-state index contributed by atoms with van der Waals surface area (Å²) in [6.07, 6.45) is 2.42. The molecule has 16 nitrogen and oxygen atoms in total. The van der Waals surface area contributed by atoms with E-state index in [1.807, 2.05) is 0 Å². The van der Waals surface area contributed by atoms with Gasteiger partial charge < -0.3 is 58.0 Å². The van der Waals surface area contributed by atoms with Crippen LogP contribution in [0.25, 0.3) is 0 Å². The van der Waals surface area contributed by atoms with Gasteiger partial charge in [-0.15, -0.1) is 0 Å². The maximum atomic E-state index is 12.3. The van der Waals surface area contributed by atoms with Crippen molar-refractivity contribution in [1.82, 2.24) is 0 Å². The molecule has 50 heavy (non-hydrogen) atoms. The zero-order valence-electron chi connectivity index (χ0n) is 28.0. The second kappa shape index (κ2) is 15.8. The molecule has 0 unspecified atom stereocenters. The number of fused-ring (bicyclic) bond motifs is 2. The zero-order valence-corrected chi connectivity index (χ0v) is 28.0. The first-order chi connectivity index (χ1) is 23.9. The van der Waals surface area contributed by atoms with Crippen molar-refractivity contribution in [2.24, 2.45) is 0 Å². The van der Waals surface area contributed by atoms with Crippen molar-refractivity contribution in [3.63, 3.8) is 0 Å². The minimum atomic E-state index is -1.34. The van der Waals surface area contributed by atoms with Gasteiger partial charge in [-0.1, -0.05) is 0 Å². The first-order valence-electron chi connectivity index (χ1n) is 15.7. The Hall–Kier alpha value is -5.48. The van der Waals surface area contributed by atoms with E-state index in [1.165, 1.54) is 40.1 Å². The fraction of sp³-hybridized carbons (Fsp3) is 0.412. The Morgan fingerprint density at radius 2 is 0.800 bits per heavy atom. The minimum absolute atomic E-state index is 0.175. The number of rotatable bonds is 4. The van der Waals surface area contributed by atoms with Gasteiger partial charge in [0.05, 0.1) is 26.4 Å². The highest BCUT2D eigenvalue weighted by Gasteiger charge is 2.40. The van der Waals surface area contributed by atoms with Crippen LogP contribution >= 0.6 is 0 Å². The summed E-state index contributed by atoms with van der Waals surface area (Å²) in [6.45, 7) is 7.54. The summed E-state index contributed by atoms with van der Waals surface area (Å²) in [5.74, 6) is -4.23. The maximum Gasteiger partial charge on any atom is 0.350 e. The Bertz CT molecular complexity index is 1500. The van der Waals surface area contributed by atoms with Gasteiger partial charge in [-0.3, -0.25) is 0 Å². The van der Waals surface area contributed by atoms with E-state index in [9.17, 15) is 19.2 Å². The van der Waals surface area contributed by atoms with E-state index in [0.717, 1.165) is 0 Å². The molecule has 2 aromatic rings. The Morgan fingerprint density at radius 1 is 0.480 bits per heavy atom. The minimum Gasteiger partial charge on any atom is -0.487 e. The Balaban J connectivity index is 1.18. The number of ether oxygens (including phenoxy) is 10. The Morgan fingerprint density at radius 3 is 1.14 bits per heavy atom. The van der Waals surface area contributed by atoms with Gasteiger partial charge in [-0.2, -0.15) is 0 Å². The summed E-state index contributed by atoms with van der Waals surface area (Å²) in [6, 6.07) is 10.0. The molecular weight excluding hydrogens is 660 g/mol. The third kappa shape index (κ3) is 9.79. The molecule has 0 spiro atoms. The lowest BCUT2D eigenvalue weighted by Crippen LogP contribution is -2.42. The molecule has 5 rings (SSSR count). The van der Waals surface area contributed by atoms with Gasteiger partial charge in [-0.05, 0) is 24.3 Å². The largest absolute Gasteiger partial charge is 0.487 e. The van der Waals surface area contributed by atoms with E-state index >= 15 is 0 Å². The number of cyclic esters (lactones) is 4. The van der Waals surface area contributed by atoms with Gasteiger partial charge >= 0.3 is 23.9 Å². The highest BCUT2D eigenvalue weighted by Crippen LogP contribution is 2.33. The van der Waals surface area contributed by atoms with Crippen molar-refractivity contribution < 1.29 is 66.5 Å². The molecule has 0 amide bonds. The summed E-state index contributed by atoms with van der Waals surface area (Å²) in [5.41, 5.74) is 0.447. The van der Waals surface area contributed by atoms with E-state index in [4.69, 9.17) is 47.4 Å². The second-order valence-corrected chi connectivity index (χ2v) is 11.7. The zero-order chi connectivity index (χ0) is 35.7. The number of carbonyl (C=O) groups is 4. The number of benzene rings is 2. The number of hydrogen-bond acceptors (Lipinski definition) is 16. The lowest BCUT2D eigenvalue weighted by molar-refractivity contribution is -0.224. The second-order valence-electron chi connectivity index (χ2n) is 11.7. The quantitative estimate of drug-likeness (QED) is 0.269. The van der Waals surface area contributed by atoms with Crippen LogP contribution in [0.2, 0.25) is 0 Å². The van der Waals surface area contributed by atoms with Gasteiger partial charge in [0.25, 0.3) is 11.6 Å². The van der Waals surface area contributed by atoms with Crippen LogP contribution in [0.4, 0.5) is 11.4 Å². The SMILES string of the molecule is CC1(C)OC(=O)C(=CNc2ccc3c(c2)OCCOCCOc2ccc(NC=C4C(=O)OC(C)(C)OC4=O)cc2OCCOCCO3)C(=O)O1. The molecule has 0 bridgehead atoms. The highest BCUT2D eigenvalue weighted by atomic mass is 16.8. The van der Waals surface area contributed by atoms with Crippen LogP contribution in [-0.4, -0.2) is 88.3 Å². The third-order valence-corrected chi connectivity index (χ3v) is 6.83. The normalized spacial score (nSPS) is 19.7. The summed E-state index contributed by atoms with van der Waals surface area (Å²) in [5, 5.41) is 5.79. The number of carbonyl (C=O) groups excluding carboxylic acids is 4. The summed E-state index contributed by atoms with van der Waals surface area (Å²) >= 11 is 0. The van der Waals surface area contributed by atoms with Gasteiger partial charge in [0.2, 0.25) is 0 Å². The lowest BCUT2D eigenvalue weighted by atomic mass is 10.2. The molecule has 3 aliphatic rings. The number of esters is 4. The summed E-state index contributed by atoms with van der Waals surface area (Å²) in [7, 11) is 0. The van der Waals surface area contributed by atoms with Crippen molar-refractivity contribution in [2.75, 3.05) is 63.5 Å². The van der Waals surface area contributed by atoms with Crippen LogP contribution in [0.15, 0.2) is 59.9 Å². The smallest absolute Gasteiger partial charge is 0.350 e. The molecule has 3 aliphatic heterocycles. The van der Waals surface area contributed by atoms with E-state index in [2.05, 4.69) is 10.6 Å². The van der Waals surface area contributed by atoms with Gasteiger partial charge in [0.15, 0.2) is 34.1 Å². The van der Waals surface area contributed by atoms with Crippen LogP contribution in [0.3, 0.4) is 0 Å². The van der Waals surface area contributed by atoms with Crippen LogP contribution in [0.1, 0.15) is 27.7 Å². The van der Waals surface area contributed by atoms with Gasteiger partial charge in [-0.25, -0.2) is 19.2 Å². The predicted octanol–water partition coefficient (Wildman–Crippen LogP) is 3.21. The maximum absolute atomic E-state index is 12.3. The molecule has 16 heteroatoms. The molecule has 2 saturated heterocycles. The molecule has 268 valence electrons. The van der Waals surface area contributed by atoms with Crippen molar-refractivity contribution in [3.8, 4) is 23.0 Å². The summed E-state index contributed by atoms with van der Waals surface area (Å²) < 4.78 is 55.5. The van der Waals surface area contributed by atoms with Crippen LogP contribution in [-0.2, 0) is 47.6 Å². The molecule has 0 radical (unpaired) electrons. The average molecular weight is 699 g/mol. The van der Waals surface area contributed by atoms with Crippen molar-refractivity contribution in [1.29, 1.82) is 0 Å². The molecule has 3 heterocycles. The number of hydrogen-bond donors (Lipinski definition) is 2. The topological polar surface area (TPSA) is 185 Å². The standard InChI is InChI=1S/C34H38N2O14/c1-33(2)47-29(37)23(30(38)48-33)19-35-21-5-7-25-27(17-21)45-15-11-41-10-14-44-26-8-6-22(18-28(26)46-16-12-42-9-13-43-25)36-20-24-31(39)49-34(3,4)50-32(24)40/h5-8,17-20,35-36H,9-16H2,1-4H3. The van der Waals surface area contributed by atoms with Crippen LogP contribution < -0.4 is 29.6 Å². The molecule has 0 atom stereocenters. The predicted molar refractivity (Wildman–Crippen MR) is 172 cm³/mol. The molecule has 0 saturated carbocycles. The van der Waals surface area contributed by atoms with Crippen molar-refractivity contribution in [2.45, 2.75) is 39.3 Å². The Labute approximate surface area is 287 Å². The van der Waals surface area contributed by atoms with E-state index < -0.39 is 35.5 Å². The molecule has 2 fully saturated rings. The van der Waals surface area contributed by atoms with E-state index in [0.29, 0.717) is 34.4 Å². The molecule has 0 aliphatic carbocycles. The molecular formula is C34H38N2O14. The number of nitrogens with one attached hydrogen (secondary N) is 2. The summed E-state index contributed by atoms with van der Waals surface area (Å²) in [4.78, 5) is 49.0. The monoisotopic (exact) mass is 698 g/mol.